The van der Waals surface area contributed by atoms with Crippen molar-refractivity contribution >= 4 is 5.88 Å². The number of nitrogens with two attached hydrogens (primary N) is 1. The van der Waals surface area contributed by atoms with E-state index in [4.69, 9.17) is 10.2 Å². The second-order valence-corrected chi connectivity index (χ2v) is 4.89. The van der Waals surface area contributed by atoms with Gasteiger partial charge in [0.1, 0.15) is 17.4 Å². The second kappa shape index (κ2) is 5.18. The molecule has 0 fully saturated rings. The average Bonchev–Trinajstić information content (AvgIpc) is 2.85. The fraction of sp³-hybridized carbons (Fsp3) is 0.0556. The van der Waals surface area contributed by atoms with Crippen molar-refractivity contribution < 1.29 is 4.42 Å². The molecule has 0 spiro atoms. The van der Waals surface area contributed by atoms with Crippen LogP contribution in [0.2, 0.25) is 0 Å². The first kappa shape index (κ1) is 13.0. The first-order chi connectivity index (χ1) is 10.2. The van der Waals surface area contributed by atoms with Gasteiger partial charge in [-0.3, -0.25) is 0 Å². The molecule has 3 heteroatoms. The van der Waals surface area contributed by atoms with Crippen LogP contribution in [0.25, 0.3) is 22.5 Å². The maximum absolute atomic E-state index is 9.37. The summed E-state index contributed by atoms with van der Waals surface area (Å²) in [5, 5.41) is 9.37. The fourth-order valence-corrected chi connectivity index (χ4v) is 2.35. The molecule has 2 N–H and O–H groups in total. The number of rotatable bonds is 2. The van der Waals surface area contributed by atoms with Crippen LogP contribution in [0.15, 0.2) is 59.0 Å². The van der Waals surface area contributed by atoms with Gasteiger partial charge in [-0.1, -0.05) is 60.2 Å². The Hall–Kier alpha value is -2.99. The Morgan fingerprint density at radius 1 is 0.952 bits per heavy atom. The smallest absolute Gasteiger partial charge is 0.209 e. The summed E-state index contributed by atoms with van der Waals surface area (Å²) in [4.78, 5) is 0. The first-order valence-electron chi connectivity index (χ1n) is 6.65. The Kier molecular flexibility index (Phi) is 3.21. The Labute approximate surface area is 123 Å². The Morgan fingerprint density at radius 3 is 2.24 bits per heavy atom. The van der Waals surface area contributed by atoms with Gasteiger partial charge in [0.15, 0.2) is 0 Å². The van der Waals surface area contributed by atoms with Crippen molar-refractivity contribution in [3.63, 3.8) is 0 Å². The van der Waals surface area contributed by atoms with E-state index < -0.39 is 0 Å². The lowest BCUT2D eigenvalue weighted by Gasteiger charge is -2.04. The van der Waals surface area contributed by atoms with Gasteiger partial charge in [-0.15, -0.1) is 0 Å². The van der Waals surface area contributed by atoms with Gasteiger partial charge in [-0.2, -0.15) is 5.26 Å². The Morgan fingerprint density at radius 2 is 1.62 bits per heavy atom. The largest absolute Gasteiger partial charge is 0.439 e. The molecule has 102 valence electrons. The summed E-state index contributed by atoms with van der Waals surface area (Å²) in [6, 6.07) is 19.8. The molecule has 21 heavy (non-hydrogen) atoms. The van der Waals surface area contributed by atoms with Crippen LogP contribution in [0.3, 0.4) is 0 Å². The zero-order valence-electron chi connectivity index (χ0n) is 11.6. The normalized spacial score (nSPS) is 10.3. The maximum Gasteiger partial charge on any atom is 0.209 e. The molecule has 0 radical (unpaired) electrons. The van der Waals surface area contributed by atoms with Crippen molar-refractivity contribution in [2.24, 2.45) is 0 Å². The summed E-state index contributed by atoms with van der Waals surface area (Å²) >= 11 is 0. The summed E-state index contributed by atoms with van der Waals surface area (Å²) < 4.78 is 5.67. The number of hydrogen-bond donors (Lipinski definition) is 1. The number of benzene rings is 2. The van der Waals surface area contributed by atoms with Crippen molar-refractivity contribution in [2.45, 2.75) is 6.92 Å². The maximum atomic E-state index is 9.37. The molecule has 0 amide bonds. The minimum absolute atomic E-state index is 0.159. The number of hydrogen-bond acceptors (Lipinski definition) is 3. The molecule has 0 saturated carbocycles. The summed E-state index contributed by atoms with van der Waals surface area (Å²) in [6.07, 6.45) is 0. The molecule has 0 atom stereocenters. The van der Waals surface area contributed by atoms with Crippen LogP contribution >= 0.6 is 0 Å². The molecule has 3 rings (SSSR count). The molecule has 0 saturated heterocycles. The zero-order chi connectivity index (χ0) is 14.8. The van der Waals surface area contributed by atoms with E-state index in [-0.39, 0.29) is 5.88 Å². The summed E-state index contributed by atoms with van der Waals surface area (Å²) in [7, 11) is 0. The zero-order valence-corrected chi connectivity index (χ0v) is 11.6. The standard InChI is InChI=1S/C18H14N2O/c1-12-7-9-14(10-8-12)17-16(13-5-3-2-4-6-13)15(11-19)18(20)21-17/h2-10H,20H2,1H3. The molecule has 0 unspecified atom stereocenters. The third-order valence-corrected chi connectivity index (χ3v) is 3.42. The number of anilines is 1. The summed E-state index contributed by atoms with van der Waals surface area (Å²) in [5.41, 5.74) is 10.0. The topological polar surface area (TPSA) is 62.9 Å². The predicted octanol–water partition coefficient (Wildman–Crippen LogP) is 4.38. The van der Waals surface area contributed by atoms with Gasteiger partial charge in [0.05, 0.1) is 0 Å². The highest BCUT2D eigenvalue weighted by molar-refractivity contribution is 5.87. The average molecular weight is 274 g/mol. The molecule has 0 aliphatic carbocycles. The monoisotopic (exact) mass is 274 g/mol. The highest BCUT2D eigenvalue weighted by Crippen LogP contribution is 2.40. The van der Waals surface area contributed by atoms with Crippen molar-refractivity contribution in [3.8, 4) is 28.5 Å². The quantitative estimate of drug-likeness (QED) is 0.754. The summed E-state index contributed by atoms with van der Waals surface area (Å²) in [5.74, 6) is 0.794. The van der Waals surface area contributed by atoms with Gasteiger partial charge >= 0.3 is 0 Å². The minimum Gasteiger partial charge on any atom is -0.439 e. The van der Waals surface area contributed by atoms with Crippen LogP contribution in [0, 0.1) is 18.3 Å². The van der Waals surface area contributed by atoms with Gasteiger partial charge in [0.25, 0.3) is 0 Å². The van der Waals surface area contributed by atoms with Crippen LogP contribution < -0.4 is 5.73 Å². The number of aryl methyl sites for hydroxylation is 1. The number of furan rings is 1. The third-order valence-electron chi connectivity index (χ3n) is 3.42. The molecule has 0 bridgehead atoms. The lowest BCUT2D eigenvalue weighted by Crippen LogP contribution is -1.86. The van der Waals surface area contributed by atoms with Gasteiger partial charge in [0.2, 0.25) is 5.88 Å². The molecular weight excluding hydrogens is 260 g/mol. The highest BCUT2D eigenvalue weighted by Gasteiger charge is 2.21. The van der Waals surface area contributed by atoms with E-state index in [2.05, 4.69) is 6.07 Å². The third kappa shape index (κ3) is 2.28. The number of nitrogen functional groups attached to an aromatic ring is 1. The Bertz CT molecular complexity index is 809. The van der Waals surface area contributed by atoms with Crippen molar-refractivity contribution in [1.29, 1.82) is 5.26 Å². The van der Waals surface area contributed by atoms with E-state index in [1.807, 2.05) is 61.5 Å². The summed E-state index contributed by atoms with van der Waals surface area (Å²) in [6.45, 7) is 2.03. The molecule has 0 aliphatic rings. The lowest BCUT2D eigenvalue weighted by atomic mass is 9.98. The van der Waals surface area contributed by atoms with Crippen LogP contribution in [0.1, 0.15) is 11.1 Å². The van der Waals surface area contributed by atoms with Gasteiger partial charge in [0, 0.05) is 11.1 Å². The van der Waals surface area contributed by atoms with Gasteiger partial charge < -0.3 is 10.2 Å². The molecule has 3 nitrogen and oxygen atoms in total. The minimum atomic E-state index is 0.159. The van der Waals surface area contributed by atoms with Crippen molar-refractivity contribution in [1.82, 2.24) is 0 Å². The van der Waals surface area contributed by atoms with E-state index in [1.165, 1.54) is 5.56 Å². The Balaban J connectivity index is 2.27. The van der Waals surface area contributed by atoms with Crippen molar-refractivity contribution in [3.05, 3.63) is 65.7 Å². The number of nitriles is 1. The fourth-order valence-electron chi connectivity index (χ4n) is 2.35. The predicted molar refractivity (Wildman–Crippen MR) is 83.4 cm³/mol. The first-order valence-corrected chi connectivity index (χ1v) is 6.65. The second-order valence-electron chi connectivity index (χ2n) is 4.89. The van der Waals surface area contributed by atoms with E-state index in [1.54, 1.807) is 0 Å². The molecule has 0 aliphatic heterocycles. The van der Waals surface area contributed by atoms with Gasteiger partial charge in [-0.05, 0) is 12.5 Å². The van der Waals surface area contributed by atoms with E-state index >= 15 is 0 Å². The molecule has 1 aromatic heterocycles. The highest BCUT2D eigenvalue weighted by atomic mass is 16.4. The molecular formula is C18H14N2O. The van der Waals surface area contributed by atoms with Crippen molar-refractivity contribution in [2.75, 3.05) is 5.73 Å². The molecule has 1 heterocycles. The van der Waals surface area contributed by atoms with E-state index in [9.17, 15) is 5.26 Å². The lowest BCUT2D eigenvalue weighted by molar-refractivity contribution is 0.603. The van der Waals surface area contributed by atoms with Crippen LogP contribution in [0.4, 0.5) is 5.88 Å². The SMILES string of the molecule is Cc1ccc(-c2oc(N)c(C#N)c2-c2ccccc2)cc1. The van der Waals surface area contributed by atoms with Crippen LogP contribution in [-0.2, 0) is 0 Å². The number of nitrogens with zero attached hydrogens (tertiary/aromatic N) is 1. The van der Waals surface area contributed by atoms with E-state index in [0.717, 1.165) is 16.7 Å². The van der Waals surface area contributed by atoms with Crippen LogP contribution in [0.5, 0.6) is 0 Å². The van der Waals surface area contributed by atoms with E-state index in [0.29, 0.717) is 11.3 Å². The van der Waals surface area contributed by atoms with Crippen LogP contribution in [-0.4, -0.2) is 0 Å². The molecule has 3 aromatic rings. The molecule has 2 aromatic carbocycles. The van der Waals surface area contributed by atoms with Gasteiger partial charge in [-0.25, -0.2) is 0 Å².